The van der Waals surface area contributed by atoms with Gasteiger partial charge in [0.2, 0.25) is 0 Å². The van der Waals surface area contributed by atoms with Gasteiger partial charge in [-0.2, -0.15) is 0 Å². The Balaban J connectivity index is 1.05. The van der Waals surface area contributed by atoms with Crippen molar-refractivity contribution in [2.75, 3.05) is 4.90 Å². The van der Waals surface area contributed by atoms with Crippen molar-refractivity contribution < 1.29 is 4.42 Å². The summed E-state index contributed by atoms with van der Waals surface area (Å²) < 4.78 is 9.34. The summed E-state index contributed by atoms with van der Waals surface area (Å²) in [5.41, 5.74) is 12.0. The second-order valence-corrected chi connectivity index (χ2v) is 16.3. The van der Waals surface area contributed by atoms with E-state index in [1.807, 2.05) is 11.3 Å². The summed E-state index contributed by atoms with van der Waals surface area (Å²) in [6.07, 6.45) is 0. The molecule has 10 aromatic carbocycles. The Kier molecular flexibility index (Phi) is 7.75. The normalized spacial score (nSPS) is 11.7. The van der Waals surface area contributed by atoms with E-state index in [0.29, 0.717) is 0 Å². The van der Waals surface area contributed by atoms with Crippen molar-refractivity contribution >= 4 is 92.1 Å². The summed E-state index contributed by atoms with van der Waals surface area (Å²) in [5, 5.41) is 9.75. The Morgan fingerprint density at radius 3 is 1.81 bits per heavy atom. The van der Waals surface area contributed by atoms with Crippen molar-refractivity contribution in [3.63, 3.8) is 0 Å². The third-order valence-electron chi connectivity index (χ3n) is 11.9. The van der Waals surface area contributed by atoms with Crippen LogP contribution in [0.2, 0.25) is 0 Å². The summed E-state index contributed by atoms with van der Waals surface area (Å²) in [6.45, 7) is 0. The molecule has 0 fully saturated rings. The molecule has 0 unspecified atom stereocenters. The van der Waals surface area contributed by atoms with Gasteiger partial charge < -0.3 is 9.32 Å². The SMILES string of the molecule is c1ccc(-c2ccc3c(c2)sc2ccc(N(c4ccc(-c5ccc6ccc7ccccc7c6c5)cc4)c4ccc(-c5ccccc5)c5oc6ccccc6c45)cc23)cc1. The van der Waals surface area contributed by atoms with Crippen LogP contribution in [0.15, 0.2) is 217 Å². The average molecular weight is 770 g/mol. The lowest BCUT2D eigenvalue weighted by atomic mass is 9.97. The number of rotatable bonds is 6. The van der Waals surface area contributed by atoms with Gasteiger partial charge in [-0.25, -0.2) is 0 Å². The van der Waals surface area contributed by atoms with Crippen LogP contribution in [-0.4, -0.2) is 0 Å². The average Bonchev–Trinajstić information content (AvgIpc) is 3.88. The maximum atomic E-state index is 6.78. The van der Waals surface area contributed by atoms with Crippen molar-refractivity contribution in [3.05, 3.63) is 212 Å². The van der Waals surface area contributed by atoms with Gasteiger partial charge in [-0.15, -0.1) is 11.3 Å². The van der Waals surface area contributed by atoms with Crippen LogP contribution in [0.25, 0.3) is 97.0 Å². The molecule has 12 aromatic rings. The number of benzene rings is 10. The Bertz CT molecular complexity index is 3550. The number of thiophene rings is 1. The molecule has 276 valence electrons. The fourth-order valence-electron chi connectivity index (χ4n) is 8.97. The predicted molar refractivity (Wildman–Crippen MR) is 253 cm³/mol. The van der Waals surface area contributed by atoms with Gasteiger partial charge in [-0.3, -0.25) is 0 Å². The third-order valence-corrected chi connectivity index (χ3v) is 13.0. The highest BCUT2D eigenvalue weighted by Gasteiger charge is 2.23. The summed E-state index contributed by atoms with van der Waals surface area (Å²) in [5.74, 6) is 0. The predicted octanol–water partition coefficient (Wildman–Crippen LogP) is 16.7. The van der Waals surface area contributed by atoms with E-state index >= 15 is 0 Å². The summed E-state index contributed by atoms with van der Waals surface area (Å²) >= 11 is 1.86. The molecular weight excluding hydrogens is 735 g/mol. The fourth-order valence-corrected chi connectivity index (χ4v) is 10.1. The first-order valence-electron chi connectivity index (χ1n) is 20.1. The minimum atomic E-state index is 0.875. The smallest absolute Gasteiger partial charge is 0.145 e. The minimum Gasteiger partial charge on any atom is -0.455 e. The van der Waals surface area contributed by atoms with Gasteiger partial charge >= 0.3 is 0 Å². The number of furan rings is 1. The zero-order valence-corrected chi connectivity index (χ0v) is 32.8. The molecule has 12 rings (SSSR count). The zero-order valence-electron chi connectivity index (χ0n) is 32.0. The largest absolute Gasteiger partial charge is 0.455 e. The molecule has 2 nitrogen and oxygen atoms in total. The van der Waals surface area contributed by atoms with Crippen molar-refractivity contribution in [1.29, 1.82) is 0 Å². The molecule has 0 atom stereocenters. The second-order valence-electron chi connectivity index (χ2n) is 15.3. The molecule has 0 spiro atoms. The minimum absolute atomic E-state index is 0.875. The van der Waals surface area contributed by atoms with Gasteiger partial charge in [-0.05, 0) is 110 Å². The van der Waals surface area contributed by atoms with E-state index in [-0.39, 0.29) is 0 Å². The van der Waals surface area contributed by atoms with Gasteiger partial charge in [-0.1, -0.05) is 152 Å². The Hall–Kier alpha value is -7.46. The lowest BCUT2D eigenvalue weighted by Gasteiger charge is -2.27. The van der Waals surface area contributed by atoms with Gasteiger partial charge in [0.25, 0.3) is 0 Å². The van der Waals surface area contributed by atoms with E-state index in [2.05, 4.69) is 217 Å². The Labute approximate surface area is 345 Å². The molecule has 0 radical (unpaired) electrons. The molecule has 3 heteroatoms. The molecule has 2 aromatic heterocycles. The number of para-hydroxylation sites is 1. The Morgan fingerprint density at radius 2 is 0.983 bits per heavy atom. The molecule has 0 bridgehead atoms. The van der Waals surface area contributed by atoms with Crippen LogP contribution in [0, 0.1) is 0 Å². The number of nitrogens with zero attached hydrogens (tertiary/aromatic N) is 1. The van der Waals surface area contributed by atoms with Gasteiger partial charge in [0.05, 0.1) is 11.1 Å². The van der Waals surface area contributed by atoms with E-state index in [4.69, 9.17) is 4.42 Å². The lowest BCUT2D eigenvalue weighted by molar-refractivity contribution is 0.670. The first-order valence-corrected chi connectivity index (χ1v) is 20.9. The van der Waals surface area contributed by atoms with Crippen LogP contribution in [-0.2, 0) is 0 Å². The van der Waals surface area contributed by atoms with Crippen molar-refractivity contribution in [1.82, 2.24) is 0 Å². The van der Waals surface area contributed by atoms with Crippen LogP contribution in [0.4, 0.5) is 17.1 Å². The Morgan fingerprint density at radius 1 is 0.356 bits per heavy atom. The summed E-state index contributed by atoms with van der Waals surface area (Å²) in [6, 6.07) is 76.9. The highest BCUT2D eigenvalue weighted by molar-refractivity contribution is 7.25. The van der Waals surface area contributed by atoms with E-state index in [9.17, 15) is 0 Å². The lowest BCUT2D eigenvalue weighted by Crippen LogP contribution is -2.10. The molecule has 0 saturated heterocycles. The highest BCUT2D eigenvalue weighted by atomic mass is 32.1. The van der Waals surface area contributed by atoms with Crippen LogP contribution in [0.5, 0.6) is 0 Å². The highest BCUT2D eigenvalue weighted by Crippen LogP contribution is 2.48. The van der Waals surface area contributed by atoms with E-state index in [1.165, 1.54) is 64.0 Å². The summed E-state index contributed by atoms with van der Waals surface area (Å²) in [7, 11) is 0. The van der Waals surface area contributed by atoms with Crippen molar-refractivity contribution in [3.8, 4) is 33.4 Å². The molecule has 0 N–H and O–H groups in total. The van der Waals surface area contributed by atoms with E-state index in [1.54, 1.807) is 0 Å². The van der Waals surface area contributed by atoms with E-state index in [0.717, 1.165) is 50.1 Å². The standard InChI is InChI=1S/C56H35NOS/c1-3-11-36(12-4-1)42-25-29-47-50-35-44(28-32-53(50)59-54(47)34-42)57(51-31-30-46(38-13-5-2-6-14-38)56-55(51)48-17-9-10-18-52(48)58-56)43-26-23-37(24-27-43)41-22-21-40-20-19-39-15-7-8-16-45(39)49(40)33-41/h1-35H. The molecule has 2 heterocycles. The quantitative estimate of drug-likeness (QED) is 0.157. The van der Waals surface area contributed by atoms with Gasteiger partial charge in [0.1, 0.15) is 11.2 Å². The van der Waals surface area contributed by atoms with Crippen molar-refractivity contribution in [2.45, 2.75) is 0 Å². The third kappa shape index (κ3) is 5.62. The number of hydrogen-bond donors (Lipinski definition) is 0. The van der Waals surface area contributed by atoms with Crippen molar-refractivity contribution in [2.24, 2.45) is 0 Å². The molecule has 0 amide bonds. The molecule has 0 saturated carbocycles. The number of anilines is 3. The van der Waals surface area contributed by atoms with Crippen LogP contribution < -0.4 is 4.90 Å². The molecule has 0 aliphatic carbocycles. The molecule has 0 aliphatic rings. The van der Waals surface area contributed by atoms with Gasteiger partial charge in [0, 0.05) is 42.5 Å². The fraction of sp³-hybridized carbons (Fsp3) is 0. The first kappa shape index (κ1) is 33.7. The number of fused-ring (bicyclic) bond motifs is 9. The van der Waals surface area contributed by atoms with Crippen LogP contribution in [0.1, 0.15) is 0 Å². The summed E-state index contributed by atoms with van der Waals surface area (Å²) in [4.78, 5) is 2.41. The van der Waals surface area contributed by atoms with Crippen LogP contribution in [0.3, 0.4) is 0 Å². The molecule has 0 aliphatic heterocycles. The maximum absolute atomic E-state index is 6.78. The van der Waals surface area contributed by atoms with Gasteiger partial charge in [0.15, 0.2) is 0 Å². The molecular formula is C56H35NOS. The van der Waals surface area contributed by atoms with E-state index < -0.39 is 0 Å². The molecule has 59 heavy (non-hydrogen) atoms. The second kappa shape index (κ2) is 13.6. The topological polar surface area (TPSA) is 16.4 Å². The first-order chi connectivity index (χ1) is 29.2. The van der Waals surface area contributed by atoms with Crippen LogP contribution >= 0.6 is 11.3 Å². The monoisotopic (exact) mass is 769 g/mol. The number of hydrogen-bond acceptors (Lipinski definition) is 3. The maximum Gasteiger partial charge on any atom is 0.145 e. The zero-order chi connectivity index (χ0) is 38.9.